The molecular weight excluding hydrogens is 745 g/mol. The smallest absolute Gasteiger partial charge is 0.0541 e. The fourth-order valence-electron chi connectivity index (χ4n) is 10.5. The Kier molecular flexibility index (Phi) is 6.98. The summed E-state index contributed by atoms with van der Waals surface area (Å²) in [4.78, 5) is 0. The highest BCUT2D eigenvalue weighted by atomic mass is 32.1. The molecule has 0 unspecified atom stereocenters. The lowest BCUT2D eigenvalue weighted by Crippen LogP contribution is -2.15. The zero-order valence-electron chi connectivity index (χ0n) is 33.3. The molecule has 9 aromatic carbocycles. The van der Waals surface area contributed by atoms with Gasteiger partial charge < -0.3 is 9.13 Å². The predicted molar refractivity (Wildman–Crippen MR) is 256 cm³/mol. The molecule has 0 radical (unpaired) electrons. The van der Waals surface area contributed by atoms with Gasteiger partial charge in [0.1, 0.15) is 0 Å². The van der Waals surface area contributed by atoms with E-state index in [1.165, 1.54) is 120 Å². The molecule has 1 aliphatic carbocycles. The van der Waals surface area contributed by atoms with Crippen LogP contribution in [-0.2, 0) is 5.41 Å². The van der Waals surface area contributed by atoms with Crippen molar-refractivity contribution in [2.24, 2.45) is 0 Å². The van der Waals surface area contributed by atoms with Crippen molar-refractivity contribution in [1.29, 1.82) is 0 Å². The van der Waals surface area contributed by atoms with E-state index < -0.39 is 0 Å². The van der Waals surface area contributed by atoms with Gasteiger partial charge in [0, 0.05) is 63.9 Å². The van der Waals surface area contributed by atoms with Crippen LogP contribution in [0.15, 0.2) is 194 Å². The molecule has 3 aromatic heterocycles. The van der Waals surface area contributed by atoms with Crippen molar-refractivity contribution in [2.75, 3.05) is 0 Å². The van der Waals surface area contributed by atoms with Crippen molar-refractivity contribution in [2.45, 2.75) is 19.3 Å². The average Bonchev–Trinajstić information content (AvgIpc) is 4.01. The highest BCUT2D eigenvalue weighted by Gasteiger charge is 2.35. The molecular formula is C57H38N2S. The number of thiophene rings is 1. The number of fused-ring (bicyclic) bond motifs is 12. The molecule has 0 saturated carbocycles. The third kappa shape index (κ3) is 4.64. The highest BCUT2D eigenvalue weighted by Crippen LogP contribution is 2.50. The molecule has 0 aliphatic heterocycles. The van der Waals surface area contributed by atoms with Crippen molar-refractivity contribution in [1.82, 2.24) is 9.13 Å². The monoisotopic (exact) mass is 782 g/mol. The summed E-state index contributed by atoms with van der Waals surface area (Å²) in [6.07, 6.45) is 0. The van der Waals surface area contributed by atoms with Crippen molar-refractivity contribution in [3.8, 4) is 44.8 Å². The molecule has 1 aliphatic rings. The summed E-state index contributed by atoms with van der Waals surface area (Å²) >= 11 is 1.89. The maximum atomic E-state index is 2.48. The Labute approximate surface area is 351 Å². The first-order chi connectivity index (χ1) is 29.5. The molecule has 3 heterocycles. The van der Waals surface area contributed by atoms with E-state index in [4.69, 9.17) is 0 Å². The Morgan fingerprint density at radius 2 is 0.917 bits per heavy atom. The van der Waals surface area contributed by atoms with Crippen LogP contribution in [0.4, 0.5) is 0 Å². The van der Waals surface area contributed by atoms with Gasteiger partial charge in [-0.05, 0) is 94.0 Å². The standard InChI is InChI=1S/C57H38N2S/c1-57(2)48-21-8-3-14-38(48)39-29-28-37(34-49(39)57)58-50-22-9-5-16-41(50)46-32-35(26-30-53(46)58)36-27-31-54-47(33-36)42-17-6-11-24-52(42)59(54)51-23-10-4-15-40(51)44-19-13-20-45-43-18-7-12-25-55(43)60-56(44)45/h3-34H,1-2H3. The SMILES string of the molecule is CC1(C)c2ccccc2-c2ccc(-n3c4ccccc4c4cc(-c5ccc6c(c5)c5ccccc5n6-c5ccccc5-c5cccc6c5sc5ccccc56)ccc43)cc21. The summed E-state index contributed by atoms with van der Waals surface area (Å²) in [6.45, 7) is 4.72. The normalized spacial score (nSPS) is 13.3. The molecule has 0 bridgehead atoms. The molecule has 0 saturated heterocycles. The first-order valence-electron chi connectivity index (χ1n) is 20.8. The summed E-state index contributed by atoms with van der Waals surface area (Å²) in [5, 5.41) is 7.67. The second kappa shape index (κ2) is 12.4. The molecule has 0 fully saturated rings. The third-order valence-corrected chi connectivity index (χ3v) is 14.6. The van der Waals surface area contributed by atoms with E-state index in [1.807, 2.05) is 11.3 Å². The molecule has 60 heavy (non-hydrogen) atoms. The number of benzene rings is 9. The fourth-order valence-corrected chi connectivity index (χ4v) is 11.8. The average molecular weight is 783 g/mol. The first-order valence-corrected chi connectivity index (χ1v) is 21.7. The van der Waals surface area contributed by atoms with Crippen LogP contribution in [0.5, 0.6) is 0 Å². The number of rotatable bonds is 4. The van der Waals surface area contributed by atoms with Crippen LogP contribution in [0.25, 0.3) is 109 Å². The molecule has 0 N–H and O–H groups in total. The topological polar surface area (TPSA) is 9.86 Å². The fraction of sp³-hybridized carbons (Fsp3) is 0.0526. The second-order valence-electron chi connectivity index (χ2n) is 16.9. The quantitative estimate of drug-likeness (QED) is 0.168. The Hall–Kier alpha value is -7.20. The van der Waals surface area contributed by atoms with Crippen molar-refractivity contribution in [3.05, 3.63) is 205 Å². The zero-order chi connectivity index (χ0) is 39.7. The first kappa shape index (κ1) is 33.7. The van der Waals surface area contributed by atoms with Gasteiger partial charge in [0.25, 0.3) is 0 Å². The van der Waals surface area contributed by atoms with Gasteiger partial charge in [-0.3, -0.25) is 0 Å². The maximum absolute atomic E-state index is 2.48. The van der Waals surface area contributed by atoms with Gasteiger partial charge in [0.2, 0.25) is 0 Å². The molecule has 282 valence electrons. The summed E-state index contributed by atoms with van der Waals surface area (Å²) in [5.41, 5.74) is 17.6. The Balaban J connectivity index is 0.966. The van der Waals surface area contributed by atoms with E-state index in [0.29, 0.717) is 0 Å². The largest absolute Gasteiger partial charge is 0.309 e. The van der Waals surface area contributed by atoms with Gasteiger partial charge in [-0.1, -0.05) is 147 Å². The van der Waals surface area contributed by atoms with Gasteiger partial charge in [0.15, 0.2) is 0 Å². The lowest BCUT2D eigenvalue weighted by molar-refractivity contribution is 0.660. The predicted octanol–water partition coefficient (Wildman–Crippen LogP) is 15.9. The van der Waals surface area contributed by atoms with Gasteiger partial charge in [0.05, 0.1) is 27.8 Å². The summed E-state index contributed by atoms with van der Waals surface area (Å²) in [5.74, 6) is 0. The van der Waals surface area contributed by atoms with Crippen LogP contribution >= 0.6 is 11.3 Å². The summed E-state index contributed by atoms with van der Waals surface area (Å²) < 4.78 is 7.59. The number of nitrogens with zero attached hydrogens (tertiary/aromatic N) is 2. The Morgan fingerprint density at radius 1 is 0.367 bits per heavy atom. The van der Waals surface area contributed by atoms with Gasteiger partial charge in [-0.15, -0.1) is 11.3 Å². The number of aromatic nitrogens is 2. The molecule has 12 aromatic rings. The lowest BCUT2D eigenvalue weighted by Gasteiger charge is -2.22. The van der Waals surface area contributed by atoms with Gasteiger partial charge in [-0.25, -0.2) is 0 Å². The van der Waals surface area contributed by atoms with Crippen LogP contribution in [0.3, 0.4) is 0 Å². The zero-order valence-corrected chi connectivity index (χ0v) is 34.1. The van der Waals surface area contributed by atoms with E-state index in [0.717, 1.165) is 0 Å². The molecule has 0 spiro atoms. The maximum Gasteiger partial charge on any atom is 0.0541 e. The minimum Gasteiger partial charge on any atom is -0.309 e. The molecule has 2 nitrogen and oxygen atoms in total. The van der Waals surface area contributed by atoms with E-state index in [1.54, 1.807) is 0 Å². The minimum absolute atomic E-state index is 0.0645. The third-order valence-electron chi connectivity index (χ3n) is 13.3. The number of hydrogen-bond acceptors (Lipinski definition) is 1. The second-order valence-corrected chi connectivity index (χ2v) is 17.9. The highest BCUT2D eigenvalue weighted by molar-refractivity contribution is 7.26. The molecule has 13 rings (SSSR count). The number of hydrogen-bond donors (Lipinski definition) is 0. The number of para-hydroxylation sites is 3. The minimum atomic E-state index is -0.0645. The molecule has 3 heteroatoms. The Morgan fingerprint density at radius 3 is 1.68 bits per heavy atom. The lowest BCUT2D eigenvalue weighted by atomic mass is 9.82. The Bertz CT molecular complexity index is 3760. The van der Waals surface area contributed by atoms with Crippen molar-refractivity contribution < 1.29 is 0 Å². The van der Waals surface area contributed by atoms with E-state index >= 15 is 0 Å². The van der Waals surface area contributed by atoms with E-state index in [9.17, 15) is 0 Å². The van der Waals surface area contributed by atoms with Gasteiger partial charge >= 0.3 is 0 Å². The van der Waals surface area contributed by atoms with Crippen LogP contribution in [0, 0.1) is 0 Å². The molecule has 0 atom stereocenters. The van der Waals surface area contributed by atoms with Crippen LogP contribution in [0.1, 0.15) is 25.0 Å². The van der Waals surface area contributed by atoms with E-state index in [2.05, 4.69) is 217 Å². The van der Waals surface area contributed by atoms with Crippen molar-refractivity contribution >= 4 is 75.1 Å². The molecule has 0 amide bonds. The van der Waals surface area contributed by atoms with E-state index in [-0.39, 0.29) is 5.41 Å². The van der Waals surface area contributed by atoms with Crippen molar-refractivity contribution in [3.63, 3.8) is 0 Å². The van der Waals surface area contributed by atoms with Crippen LogP contribution < -0.4 is 0 Å². The van der Waals surface area contributed by atoms with Crippen LogP contribution in [0.2, 0.25) is 0 Å². The van der Waals surface area contributed by atoms with Gasteiger partial charge in [-0.2, -0.15) is 0 Å². The summed E-state index contributed by atoms with van der Waals surface area (Å²) in [7, 11) is 0. The summed E-state index contributed by atoms with van der Waals surface area (Å²) in [6, 6.07) is 72.3. The van der Waals surface area contributed by atoms with Crippen LogP contribution in [-0.4, -0.2) is 9.13 Å².